The van der Waals surface area contributed by atoms with Gasteiger partial charge >= 0.3 is 0 Å². The van der Waals surface area contributed by atoms with E-state index >= 15 is 0 Å². The lowest BCUT2D eigenvalue weighted by molar-refractivity contribution is -0.869. The topological polar surface area (TPSA) is 53.9 Å². The Morgan fingerprint density at radius 1 is 1.17 bits per heavy atom. The van der Waals surface area contributed by atoms with E-state index in [-0.39, 0.29) is 17.4 Å². The first-order chi connectivity index (χ1) is 11.3. The van der Waals surface area contributed by atoms with Crippen LogP contribution in [-0.4, -0.2) is 37.6 Å². The first kappa shape index (κ1) is 16.5. The average Bonchev–Trinajstić information content (AvgIpc) is 2.73. The smallest absolute Gasteiger partial charge is 0.275 e. The van der Waals surface area contributed by atoms with Crippen LogP contribution in [0.2, 0.25) is 0 Å². The molecule has 24 heavy (non-hydrogen) atoms. The number of amides is 2. The summed E-state index contributed by atoms with van der Waals surface area (Å²) in [7, 11) is 1.93. The molecule has 1 heterocycles. The molecular weight excluding hydrogens is 302 g/mol. The van der Waals surface area contributed by atoms with Crippen LogP contribution in [0.25, 0.3) is 10.8 Å². The highest BCUT2D eigenvalue weighted by atomic mass is 16.2. The minimum Gasteiger partial charge on any atom is -0.347 e. The van der Waals surface area contributed by atoms with Gasteiger partial charge in [-0.3, -0.25) is 14.5 Å². The molecule has 5 nitrogen and oxygen atoms in total. The van der Waals surface area contributed by atoms with Crippen LogP contribution in [0.1, 0.15) is 31.1 Å². The summed E-state index contributed by atoms with van der Waals surface area (Å²) in [6.07, 6.45) is 0. The minimum absolute atomic E-state index is 0.0115. The fourth-order valence-electron chi connectivity index (χ4n) is 3.20. The quantitative estimate of drug-likeness (QED) is 0.887. The number of benzene rings is 2. The van der Waals surface area contributed by atoms with Crippen LogP contribution in [0.15, 0.2) is 36.4 Å². The summed E-state index contributed by atoms with van der Waals surface area (Å²) in [4.78, 5) is 27.6. The van der Waals surface area contributed by atoms with E-state index < -0.39 is 0 Å². The van der Waals surface area contributed by atoms with Crippen molar-refractivity contribution in [3.8, 4) is 0 Å². The van der Waals surface area contributed by atoms with Crippen LogP contribution >= 0.6 is 0 Å². The average molecular weight is 326 g/mol. The van der Waals surface area contributed by atoms with Crippen LogP contribution in [0.4, 0.5) is 5.69 Å². The zero-order valence-electron chi connectivity index (χ0n) is 14.6. The van der Waals surface area contributed by atoms with Crippen molar-refractivity contribution in [1.82, 2.24) is 5.32 Å². The monoisotopic (exact) mass is 326 g/mol. The van der Waals surface area contributed by atoms with Gasteiger partial charge in [-0.05, 0) is 38.3 Å². The van der Waals surface area contributed by atoms with Gasteiger partial charge in [-0.15, -0.1) is 0 Å². The lowest BCUT2D eigenvalue weighted by Gasteiger charge is -2.24. The van der Waals surface area contributed by atoms with Crippen LogP contribution < -0.4 is 15.1 Å². The third-order valence-corrected chi connectivity index (χ3v) is 4.05. The second-order valence-electron chi connectivity index (χ2n) is 7.50. The fraction of sp³-hybridized carbons (Fsp3) is 0.368. The van der Waals surface area contributed by atoms with Crippen LogP contribution in [0.5, 0.6) is 0 Å². The second-order valence-corrected chi connectivity index (χ2v) is 7.50. The van der Waals surface area contributed by atoms with Gasteiger partial charge in [-0.1, -0.05) is 24.3 Å². The summed E-state index contributed by atoms with van der Waals surface area (Å²) in [5, 5.41) is 5.04. The van der Waals surface area contributed by atoms with E-state index in [1.165, 1.54) is 0 Å². The predicted octanol–water partition coefficient (Wildman–Crippen LogP) is 1.19. The minimum atomic E-state index is -0.247. The Morgan fingerprint density at radius 2 is 1.83 bits per heavy atom. The molecule has 0 aliphatic carbocycles. The molecule has 0 spiro atoms. The highest BCUT2D eigenvalue weighted by Crippen LogP contribution is 2.36. The summed E-state index contributed by atoms with van der Waals surface area (Å²) in [5.74, 6) is -0.000233. The third kappa shape index (κ3) is 3.12. The van der Waals surface area contributed by atoms with Crippen LogP contribution in [-0.2, 0) is 4.79 Å². The van der Waals surface area contributed by atoms with E-state index in [1.807, 2.05) is 64.2 Å². The standard InChI is InChI=1S/C19H23N3O2/c1-19(2,3)20-16(23)11-21(4)12-22-15-10-6-8-13-7-5-9-14(17(13)15)18(22)24/h5-10H,11-12H2,1-4H3,(H,20,23)/p+1. The van der Waals surface area contributed by atoms with Crippen molar-refractivity contribution in [2.45, 2.75) is 26.3 Å². The molecule has 3 rings (SSSR count). The van der Waals surface area contributed by atoms with Gasteiger partial charge in [0.25, 0.3) is 11.8 Å². The Hall–Kier alpha value is -2.40. The number of nitrogens with zero attached hydrogens (tertiary/aromatic N) is 1. The van der Waals surface area contributed by atoms with Crippen molar-refractivity contribution in [2.75, 3.05) is 25.2 Å². The molecule has 126 valence electrons. The molecule has 0 aromatic heterocycles. The Bertz CT molecular complexity index is 803. The van der Waals surface area contributed by atoms with Gasteiger partial charge in [0.15, 0.2) is 13.2 Å². The molecule has 0 radical (unpaired) electrons. The zero-order chi connectivity index (χ0) is 17.5. The molecule has 2 aromatic carbocycles. The number of carbonyl (C=O) groups excluding carboxylic acids is 2. The Morgan fingerprint density at radius 3 is 2.50 bits per heavy atom. The van der Waals surface area contributed by atoms with Crippen molar-refractivity contribution >= 4 is 28.3 Å². The van der Waals surface area contributed by atoms with Crippen molar-refractivity contribution in [3.05, 3.63) is 42.0 Å². The first-order valence-electron chi connectivity index (χ1n) is 8.22. The number of nitrogens with one attached hydrogen (secondary N) is 2. The highest BCUT2D eigenvalue weighted by Gasteiger charge is 2.31. The second kappa shape index (κ2) is 5.91. The molecule has 1 aliphatic rings. The number of hydrogen-bond acceptors (Lipinski definition) is 2. The van der Waals surface area contributed by atoms with Gasteiger partial charge in [0, 0.05) is 10.9 Å². The summed E-state index contributed by atoms with van der Waals surface area (Å²) in [6, 6.07) is 11.8. The van der Waals surface area contributed by atoms with Crippen LogP contribution in [0.3, 0.4) is 0 Å². The molecule has 2 N–H and O–H groups in total. The summed E-state index contributed by atoms with van der Waals surface area (Å²) in [5.41, 5.74) is 1.43. The van der Waals surface area contributed by atoms with Gasteiger partial charge in [0.1, 0.15) is 0 Å². The first-order valence-corrected chi connectivity index (χ1v) is 8.22. The maximum atomic E-state index is 12.7. The van der Waals surface area contributed by atoms with E-state index in [4.69, 9.17) is 0 Å². The number of hydrogen-bond donors (Lipinski definition) is 2. The van der Waals surface area contributed by atoms with Gasteiger partial charge in [0.2, 0.25) is 0 Å². The van der Waals surface area contributed by atoms with Crippen molar-refractivity contribution in [3.63, 3.8) is 0 Å². The highest BCUT2D eigenvalue weighted by molar-refractivity contribution is 6.24. The predicted molar refractivity (Wildman–Crippen MR) is 95.3 cm³/mol. The van der Waals surface area contributed by atoms with Crippen molar-refractivity contribution < 1.29 is 14.5 Å². The van der Waals surface area contributed by atoms with E-state index in [9.17, 15) is 9.59 Å². The summed E-state index contributed by atoms with van der Waals surface area (Å²) in [6.45, 7) is 6.67. The van der Waals surface area contributed by atoms with Gasteiger partial charge < -0.3 is 10.2 Å². The van der Waals surface area contributed by atoms with E-state index in [2.05, 4.69) is 5.32 Å². The number of anilines is 1. The van der Waals surface area contributed by atoms with E-state index in [1.54, 1.807) is 4.90 Å². The molecule has 2 amide bonds. The lowest BCUT2D eigenvalue weighted by Crippen LogP contribution is -3.12. The molecule has 1 aliphatic heterocycles. The molecule has 0 fully saturated rings. The molecule has 0 bridgehead atoms. The van der Waals surface area contributed by atoms with Crippen LogP contribution in [0, 0.1) is 0 Å². The molecule has 0 saturated carbocycles. The maximum absolute atomic E-state index is 12.7. The Balaban J connectivity index is 1.76. The fourth-order valence-corrected chi connectivity index (χ4v) is 3.20. The molecular formula is C19H24N3O2+. The Kier molecular flexibility index (Phi) is 4.05. The maximum Gasteiger partial charge on any atom is 0.275 e. The molecule has 2 aromatic rings. The molecule has 1 atom stereocenters. The van der Waals surface area contributed by atoms with Gasteiger partial charge in [-0.2, -0.15) is 0 Å². The lowest BCUT2D eigenvalue weighted by atomic mass is 10.1. The summed E-state index contributed by atoms with van der Waals surface area (Å²) >= 11 is 0. The normalized spacial score (nSPS) is 15.0. The molecule has 1 unspecified atom stereocenters. The SMILES string of the molecule is C[NH+](CC(=O)NC(C)(C)C)CN1C(=O)c2cccc3cccc1c23. The largest absolute Gasteiger partial charge is 0.347 e. The summed E-state index contributed by atoms with van der Waals surface area (Å²) < 4.78 is 0. The number of rotatable bonds is 4. The van der Waals surface area contributed by atoms with Gasteiger partial charge in [0.05, 0.1) is 18.3 Å². The molecule has 0 saturated heterocycles. The van der Waals surface area contributed by atoms with E-state index in [0.717, 1.165) is 26.9 Å². The third-order valence-electron chi connectivity index (χ3n) is 4.05. The van der Waals surface area contributed by atoms with E-state index in [0.29, 0.717) is 13.2 Å². The van der Waals surface area contributed by atoms with Crippen molar-refractivity contribution in [2.24, 2.45) is 0 Å². The van der Waals surface area contributed by atoms with Gasteiger partial charge in [-0.25, -0.2) is 0 Å². The Labute approximate surface area is 142 Å². The number of quaternary nitrogens is 1. The zero-order valence-corrected chi connectivity index (χ0v) is 14.6. The molecule has 5 heteroatoms. The number of likely N-dealkylation sites (N-methyl/N-ethyl adjacent to an activating group) is 1. The van der Waals surface area contributed by atoms with Crippen molar-refractivity contribution in [1.29, 1.82) is 0 Å². The number of carbonyl (C=O) groups is 2.